The van der Waals surface area contributed by atoms with Gasteiger partial charge in [-0.05, 0) is 6.08 Å². The van der Waals surface area contributed by atoms with E-state index in [1.54, 1.807) is 0 Å². The van der Waals surface area contributed by atoms with E-state index in [0.717, 1.165) is 0 Å². The highest BCUT2D eigenvalue weighted by atomic mass is 16.7. The number of aliphatic hydroxyl groups excluding tert-OH is 2. The number of fused-ring (bicyclic) bond motifs is 1. The highest BCUT2D eigenvalue weighted by Crippen LogP contribution is 2.22. The van der Waals surface area contributed by atoms with Crippen LogP contribution in [0.1, 0.15) is 6.42 Å². The predicted molar refractivity (Wildman–Crippen MR) is 38.4 cm³/mol. The summed E-state index contributed by atoms with van der Waals surface area (Å²) in [6.45, 7) is 0.447. The summed E-state index contributed by atoms with van der Waals surface area (Å²) in [5, 5.41) is 18.8. The highest BCUT2D eigenvalue weighted by Gasteiger charge is 2.36. The van der Waals surface area contributed by atoms with E-state index in [4.69, 9.17) is 9.47 Å². The molecule has 0 aliphatic carbocycles. The van der Waals surface area contributed by atoms with Gasteiger partial charge in [-0.2, -0.15) is 4.90 Å². The van der Waals surface area contributed by atoms with Crippen molar-refractivity contribution < 1.29 is 19.7 Å². The van der Waals surface area contributed by atoms with Gasteiger partial charge in [0.1, 0.15) is 12.5 Å². The molecule has 2 aliphatic rings. The summed E-state index contributed by atoms with van der Waals surface area (Å²) in [5.74, 6) is 0. The first-order chi connectivity index (χ1) is 5.79. The molecule has 0 amide bonds. The van der Waals surface area contributed by atoms with Crippen LogP contribution in [0.4, 0.5) is 0 Å². The number of aliphatic hydroxyl groups is 2. The molecule has 2 rings (SSSR count). The predicted octanol–water partition coefficient (Wildman–Crippen LogP) is -0.827. The molecule has 12 heavy (non-hydrogen) atoms. The lowest BCUT2D eigenvalue weighted by molar-refractivity contribution is -0.306. The minimum Gasteiger partial charge on any atom is -0.459 e. The average molecular weight is 173 g/mol. The monoisotopic (exact) mass is 173 g/mol. The third-order valence-electron chi connectivity index (χ3n) is 1.98. The lowest BCUT2D eigenvalue weighted by Crippen LogP contribution is -2.55. The fourth-order valence-corrected chi connectivity index (χ4v) is 1.34. The summed E-state index contributed by atoms with van der Waals surface area (Å²) < 4.78 is 10.2. The van der Waals surface area contributed by atoms with Crippen LogP contribution >= 0.6 is 0 Å². The van der Waals surface area contributed by atoms with Crippen LogP contribution in [0.5, 0.6) is 0 Å². The Kier molecular flexibility index (Phi) is 2.02. The molecule has 0 aromatic heterocycles. The van der Waals surface area contributed by atoms with Gasteiger partial charge in [-0.3, -0.25) is 0 Å². The largest absolute Gasteiger partial charge is 0.459 e. The molecule has 0 aromatic rings. The van der Waals surface area contributed by atoms with Crippen molar-refractivity contribution in [1.82, 2.24) is 4.90 Å². The molecule has 2 N–H and O–H groups in total. The van der Waals surface area contributed by atoms with Gasteiger partial charge in [-0.15, -0.1) is 0 Å². The lowest BCUT2D eigenvalue weighted by Gasteiger charge is -2.41. The molecule has 0 saturated carbocycles. The molecule has 5 nitrogen and oxygen atoms in total. The maximum Gasteiger partial charge on any atom is 0.265 e. The normalized spacial score (nSPS) is 42.0. The first-order valence-corrected chi connectivity index (χ1v) is 3.86. The Bertz CT molecular complexity index is 196. The molecule has 3 unspecified atom stereocenters. The minimum absolute atomic E-state index is 0.447. The molecular formula is C7H11NO4. The van der Waals surface area contributed by atoms with E-state index in [0.29, 0.717) is 13.0 Å². The molecule has 5 heteroatoms. The van der Waals surface area contributed by atoms with Crippen molar-refractivity contribution in [2.75, 3.05) is 6.61 Å². The summed E-state index contributed by atoms with van der Waals surface area (Å²) in [5.41, 5.74) is 0. The first-order valence-electron chi connectivity index (χ1n) is 3.86. The lowest BCUT2D eigenvalue weighted by atomic mass is 10.3. The van der Waals surface area contributed by atoms with Crippen molar-refractivity contribution in [2.24, 2.45) is 0 Å². The number of ether oxygens (including phenoxy) is 2. The maximum atomic E-state index is 9.45. The van der Waals surface area contributed by atoms with Crippen molar-refractivity contribution in [3.05, 3.63) is 12.3 Å². The van der Waals surface area contributed by atoms with Crippen LogP contribution in [0, 0.1) is 0 Å². The summed E-state index contributed by atoms with van der Waals surface area (Å²) in [6.07, 6.45) is 1.17. The molecule has 1 fully saturated rings. The van der Waals surface area contributed by atoms with E-state index >= 15 is 0 Å². The molecule has 2 heterocycles. The van der Waals surface area contributed by atoms with Gasteiger partial charge in [0, 0.05) is 6.42 Å². The van der Waals surface area contributed by atoms with Crippen molar-refractivity contribution in [1.29, 1.82) is 0 Å². The Hall–Kier alpha value is -0.620. The summed E-state index contributed by atoms with van der Waals surface area (Å²) in [6, 6.07) is 0. The zero-order valence-corrected chi connectivity index (χ0v) is 6.46. The van der Waals surface area contributed by atoms with Gasteiger partial charge in [0.2, 0.25) is 0 Å². The summed E-state index contributed by atoms with van der Waals surface area (Å²) >= 11 is 0. The molecule has 0 spiro atoms. The Labute approximate surface area is 69.8 Å². The van der Waals surface area contributed by atoms with Crippen molar-refractivity contribution in [3.8, 4) is 0 Å². The molecule has 0 bridgehead atoms. The van der Waals surface area contributed by atoms with E-state index < -0.39 is 18.9 Å². The third-order valence-corrected chi connectivity index (χ3v) is 1.98. The maximum absolute atomic E-state index is 9.45. The van der Waals surface area contributed by atoms with Crippen LogP contribution in [0.25, 0.3) is 0 Å². The number of hydrogen-bond donors (Lipinski definition) is 2. The Morgan fingerprint density at radius 2 is 2.25 bits per heavy atom. The smallest absolute Gasteiger partial charge is 0.265 e. The van der Waals surface area contributed by atoms with Crippen molar-refractivity contribution >= 4 is 0 Å². The van der Waals surface area contributed by atoms with Crippen molar-refractivity contribution in [2.45, 2.75) is 25.3 Å². The topological polar surface area (TPSA) is 62.2 Å². The third kappa shape index (κ3) is 1.21. The second kappa shape index (κ2) is 3.02. The first kappa shape index (κ1) is 8.00. The summed E-state index contributed by atoms with van der Waals surface area (Å²) in [7, 11) is 0. The molecule has 0 radical (unpaired) electrons. The fraction of sp³-hybridized carbons (Fsp3) is 0.714. The van der Waals surface area contributed by atoms with Crippen LogP contribution in [0.15, 0.2) is 12.3 Å². The van der Waals surface area contributed by atoms with E-state index in [-0.39, 0.29) is 0 Å². The number of nitrogens with zero attached hydrogens (tertiary/aromatic N) is 1. The van der Waals surface area contributed by atoms with E-state index in [9.17, 15) is 10.2 Å². The zero-order valence-electron chi connectivity index (χ0n) is 6.46. The van der Waals surface area contributed by atoms with Gasteiger partial charge < -0.3 is 19.7 Å². The fourth-order valence-electron chi connectivity index (χ4n) is 1.34. The molecule has 3 atom stereocenters. The molecule has 1 saturated heterocycles. The van der Waals surface area contributed by atoms with Crippen molar-refractivity contribution in [3.63, 3.8) is 0 Å². The van der Waals surface area contributed by atoms with E-state index in [2.05, 4.69) is 0 Å². The summed E-state index contributed by atoms with van der Waals surface area (Å²) in [4.78, 5) is 1.36. The molecule has 68 valence electrons. The van der Waals surface area contributed by atoms with Gasteiger partial charge in [0.15, 0.2) is 0 Å². The molecule has 2 aliphatic heterocycles. The van der Waals surface area contributed by atoms with Gasteiger partial charge in [-0.1, -0.05) is 0 Å². The van der Waals surface area contributed by atoms with E-state index in [1.807, 2.05) is 0 Å². The second-order valence-corrected chi connectivity index (χ2v) is 2.77. The van der Waals surface area contributed by atoms with Crippen LogP contribution in [0.2, 0.25) is 0 Å². The zero-order chi connectivity index (χ0) is 8.55. The molecular weight excluding hydrogens is 162 g/mol. The SMILES string of the molecule is OC1C=COC2OCCC(O)N12. The quantitative estimate of drug-likeness (QED) is 0.501. The number of hydrogen-bond acceptors (Lipinski definition) is 5. The van der Waals surface area contributed by atoms with Crippen LogP contribution in [-0.2, 0) is 9.47 Å². The average Bonchev–Trinajstić information content (AvgIpc) is 2.04. The standard InChI is InChI=1S/C7H11NO4/c9-5-1-3-11-7-8(5)6(10)2-4-12-7/h1,3,5-7,9-10H,2,4H2. The van der Waals surface area contributed by atoms with Crippen LogP contribution < -0.4 is 0 Å². The van der Waals surface area contributed by atoms with E-state index in [1.165, 1.54) is 17.2 Å². The van der Waals surface area contributed by atoms with Gasteiger partial charge in [0.05, 0.1) is 12.9 Å². The van der Waals surface area contributed by atoms with Crippen LogP contribution in [0.3, 0.4) is 0 Å². The highest BCUT2D eigenvalue weighted by molar-refractivity contribution is 4.89. The Balaban J connectivity index is 2.14. The van der Waals surface area contributed by atoms with Crippen LogP contribution in [-0.4, -0.2) is 40.6 Å². The molecule has 0 aromatic carbocycles. The minimum atomic E-state index is -0.820. The van der Waals surface area contributed by atoms with Gasteiger partial charge in [-0.25, -0.2) is 0 Å². The van der Waals surface area contributed by atoms with Gasteiger partial charge >= 0.3 is 0 Å². The number of rotatable bonds is 0. The Morgan fingerprint density at radius 3 is 3.00 bits per heavy atom. The van der Waals surface area contributed by atoms with Gasteiger partial charge in [0.25, 0.3) is 6.41 Å². The second-order valence-electron chi connectivity index (χ2n) is 2.77. The Morgan fingerprint density at radius 1 is 1.42 bits per heavy atom.